The summed E-state index contributed by atoms with van der Waals surface area (Å²) < 4.78 is 11.2. The van der Waals surface area contributed by atoms with Crippen molar-refractivity contribution in [3.63, 3.8) is 0 Å². The lowest BCUT2D eigenvalue weighted by atomic mass is 10.1. The highest BCUT2D eigenvalue weighted by molar-refractivity contribution is 9.10. The zero-order valence-electron chi connectivity index (χ0n) is 9.77. The summed E-state index contributed by atoms with van der Waals surface area (Å²) in [6.45, 7) is 2.28. The molecule has 2 aromatic rings. The second kappa shape index (κ2) is 5.27. The molecule has 0 saturated carbocycles. The average Bonchev–Trinajstić information content (AvgIpc) is 2.78. The zero-order chi connectivity index (χ0) is 13.1. The van der Waals surface area contributed by atoms with Crippen LogP contribution >= 0.6 is 15.9 Å². The van der Waals surface area contributed by atoms with Crippen molar-refractivity contribution in [2.45, 2.75) is 6.92 Å². The Balaban J connectivity index is 2.44. The summed E-state index contributed by atoms with van der Waals surface area (Å²) in [6, 6.07) is 8.34. The number of carbonyl (C=O) groups excluding carboxylic acids is 1. The van der Waals surface area contributed by atoms with E-state index in [1.54, 1.807) is 30.3 Å². The lowest BCUT2D eigenvalue weighted by Gasteiger charge is -2.10. The number of carbonyl (C=O) groups is 1. The molecular weight excluding hydrogens is 298 g/mol. The molecule has 4 nitrogen and oxygen atoms in total. The average molecular weight is 310 g/mol. The van der Waals surface area contributed by atoms with Gasteiger partial charge in [0.15, 0.2) is 16.2 Å². The molecule has 18 heavy (non-hydrogen) atoms. The molecule has 0 aliphatic rings. The van der Waals surface area contributed by atoms with Gasteiger partial charge in [-0.15, -0.1) is 0 Å². The highest BCUT2D eigenvalue weighted by Crippen LogP contribution is 2.29. The number of hydrogen-bond acceptors (Lipinski definition) is 4. The number of nitrogen functional groups attached to an aromatic ring is 1. The summed E-state index contributed by atoms with van der Waals surface area (Å²) in [5.74, 6) is 0.391. The first-order chi connectivity index (χ1) is 8.63. The highest BCUT2D eigenvalue weighted by atomic mass is 79.9. The maximum absolute atomic E-state index is 12.3. The van der Waals surface area contributed by atoms with Crippen molar-refractivity contribution in [1.29, 1.82) is 0 Å². The van der Waals surface area contributed by atoms with Crippen LogP contribution in [0.2, 0.25) is 0 Å². The third-order valence-corrected chi connectivity index (χ3v) is 2.80. The standard InChI is InChI=1S/C13H12BrNO3/c1-2-17-13-8(4-3-5-9(13)15)12(16)10-6-7-11(14)18-10/h3-7H,2,15H2,1H3. The Morgan fingerprint density at radius 3 is 2.78 bits per heavy atom. The third kappa shape index (κ3) is 2.41. The first kappa shape index (κ1) is 12.7. The lowest BCUT2D eigenvalue weighted by molar-refractivity contribution is 0.100. The Labute approximate surface area is 113 Å². The van der Waals surface area contributed by atoms with Gasteiger partial charge in [0.2, 0.25) is 5.78 Å². The summed E-state index contributed by atoms with van der Waals surface area (Å²) in [6.07, 6.45) is 0. The monoisotopic (exact) mass is 309 g/mol. The molecule has 0 saturated heterocycles. The molecule has 1 aromatic carbocycles. The first-order valence-corrected chi connectivity index (χ1v) is 6.24. The van der Waals surface area contributed by atoms with Crippen LogP contribution in [0.1, 0.15) is 23.0 Å². The van der Waals surface area contributed by atoms with Crippen molar-refractivity contribution in [3.8, 4) is 5.75 Å². The van der Waals surface area contributed by atoms with Crippen molar-refractivity contribution in [2.24, 2.45) is 0 Å². The Morgan fingerprint density at radius 2 is 2.17 bits per heavy atom. The maximum atomic E-state index is 12.3. The molecule has 0 amide bonds. The first-order valence-electron chi connectivity index (χ1n) is 5.44. The number of anilines is 1. The van der Waals surface area contributed by atoms with E-state index in [9.17, 15) is 4.79 Å². The number of ether oxygens (including phenoxy) is 1. The second-order valence-electron chi connectivity index (χ2n) is 3.59. The number of rotatable bonds is 4. The Morgan fingerprint density at radius 1 is 1.39 bits per heavy atom. The summed E-state index contributed by atoms with van der Waals surface area (Å²) in [5, 5.41) is 0. The number of halogens is 1. The summed E-state index contributed by atoms with van der Waals surface area (Å²) in [7, 11) is 0. The van der Waals surface area contributed by atoms with E-state index >= 15 is 0 Å². The predicted molar refractivity (Wildman–Crippen MR) is 71.9 cm³/mol. The van der Waals surface area contributed by atoms with E-state index in [0.29, 0.717) is 28.3 Å². The Bertz CT molecular complexity index is 577. The van der Waals surface area contributed by atoms with E-state index in [1.165, 1.54) is 0 Å². The van der Waals surface area contributed by atoms with Crippen molar-refractivity contribution >= 4 is 27.4 Å². The van der Waals surface area contributed by atoms with Gasteiger partial charge in [0.05, 0.1) is 17.9 Å². The molecule has 94 valence electrons. The van der Waals surface area contributed by atoms with Crippen molar-refractivity contribution in [2.75, 3.05) is 12.3 Å². The molecule has 1 heterocycles. The van der Waals surface area contributed by atoms with Crippen LogP contribution < -0.4 is 10.5 Å². The minimum atomic E-state index is -0.253. The number of benzene rings is 1. The van der Waals surface area contributed by atoms with Gasteiger partial charge < -0.3 is 14.9 Å². The van der Waals surface area contributed by atoms with Crippen molar-refractivity contribution in [1.82, 2.24) is 0 Å². The fraction of sp³-hybridized carbons (Fsp3) is 0.154. The fourth-order valence-corrected chi connectivity index (χ4v) is 1.91. The van der Waals surface area contributed by atoms with Gasteiger partial charge in [0, 0.05) is 0 Å². The number of furan rings is 1. The molecule has 0 unspecified atom stereocenters. The van der Waals surface area contributed by atoms with E-state index in [2.05, 4.69) is 15.9 Å². The SMILES string of the molecule is CCOc1c(N)cccc1C(=O)c1ccc(Br)o1. The van der Waals surface area contributed by atoms with Gasteiger partial charge in [-0.05, 0) is 47.1 Å². The summed E-state index contributed by atoms with van der Waals surface area (Å²) in [4.78, 5) is 12.3. The zero-order valence-corrected chi connectivity index (χ0v) is 11.4. The molecule has 0 atom stereocenters. The number of ketones is 1. The number of nitrogens with two attached hydrogens (primary N) is 1. The van der Waals surface area contributed by atoms with Crippen LogP contribution in [0, 0.1) is 0 Å². The van der Waals surface area contributed by atoms with Gasteiger partial charge >= 0.3 is 0 Å². The smallest absolute Gasteiger partial charge is 0.232 e. The van der Waals surface area contributed by atoms with Crippen molar-refractivity contribution in [3.05, 3.63) is 46.3 Å². The van der Waals surface area contributed by atoms with Gasteiger partial charge in [0.25, 0.3) is 0 Å². The molecular formula is C13H12BrNO3. The maximum Gasteiger partial charge on any atom is 0.232 e. The van der Waals surface area contributed by atoms with Crippen LogP contribution in [0.15, 0.2) is 39.4 Å². The van der Waals surface area contributed by atoms with Crippen LogP contribution in [-0.2, 0) is 0 Å². The van der Waals surface area contributed by atoms with E-state index in [-0.39, 0.29) is 11.5 Å². The Hall–Kier alpha value is -1.75. The van der Waals surface area contributed by atoms with Gasteiger partial charge in [0.1, 0.15) is 0 Å². The molecule has 0 spiro atoms. The number of hydrogen-bond donors (Lipinski definition) is 1. The minimum absolute atomic E-state index is 0.244. The predicted octanol–water partition coefficient (Wildman–Crippen LogP) is 3.25. The van der Waals surface area contributed by atoms with Gasteiger partial charge in [-0.2, -0.15) is 0 Å². The van der Waals surface area contributed by atoms with Crippen LogP contribution in [0.3, 0.4) is 0 Å². The molecule has 2 N–H and O–H groups in total. The largest absolute Gasteiger partial charge is 0.491 e. The summed E-state index contributed by atoms with van der Waals surface area (Å²) in [5.41, 5.74) is 6.65. The lowest BCUT2D eigenvalue weighted by Crippen LogP contribution is -2.06. The normalized spacial score (nSPS) is 10.3. The third-order valence-electron chi connectivity index (χ3n) is 2.38. The molecule has 5 heteroatoms. The van der Waals surface area contributed by atoms with Crippen molar-refractivity contribution < 1.29 is 13.9 Å². The van der Waals surface area contributed by atoms with Gasteiger partial charge in [-0.1, -0.05) is 6.07 Å². The summed E-state index contributed by atoms with van der Waals surface area (Å²) >= 11 is 3.16. The van der Waals surface area contributed by atoms with Gasteiger partial charge in [-0.3, -0.25) is 4.79 Å². The van der Waals surface area contributed by atoms with E-state index in [4.69, 9.17) is 14.9 Å². The minimum Gasteiger partial charge on any atom is -0.491 e. The highest BCUT2D eigenvalue weighted by Gasteiger charge is 2.19. The molecule has 0 fully saturated rings. The molecule has 0 bridgehead atoms. The molecule has 0 aliphatic heterocycles. The molecule has 0 radical (unpaired) electrons. The van der Waals surface area contributed by atoms with E-state index < -0.39 is 0 Å². The Kier molecular flexibility index (Phi) is 3.72. The van der Waals surface area contributed by atoms with E-state index in [1.807, 2.05) is 6.92 Å². The molecule has 0 aliphatic carbocycles. The fourth-order valence-electron chi connectivity index (χ4n) is 1.61. The van der Waals surface area contributed by atoms with Crippen LogP contribution in [0.4, 0.5) is 5.69 Å². The number of para-hydroxylation sites is 1. The molecule has 2 rings (SSSR count). The molecule has 1 aromatic heterocycles. The topological polar surface area (TPSA) is 65.5 Å². The second-order valence-corrected chi connectivity index (χ2v) is 4.37. The van der Waals surface area contributed by atoms with Gasteiger partial charge in [-0.25, -0.2) is 0 Å². The van der Waals surface area contributed by atoms with Crippen LogP contribution in [-0.4, -0.2) is 12.4 Å². The van der Waals surface area contributed by atoms with Crippen LogP contribution in [0.5, 0.6) is 5.75 Å². The van der Waals surface area contributed by atoms with Crippen LogP contribution in [0.25, 0.3) is 0 Å². The quantitative estimate of drug-likeness (QED) is 0.695. The van der Waals surface area contributed by atoms with E-state index in [0.717, 1.165) is 0 Å².